The number of nitrogens with zero attached hydrogens (tertiary/aromatic N) is 4. The summed E-state index contributed by atoms with van der Waals surface area (Å²) in [7, 11) is 0. The van der Waals surface area contributed by atoms with E-state index in [-0.39, 0.29) is 11.5 Å². The summed E-state index contributed by atoms with van der Waals surface area (Å²) in [5.74, 6) is -0.916. The van der Waals surface area contributed by atoms with Crippen LogP contribution in [0.3, 0.4) is 0 Å². The van der Waals surface area contributed by atoms with Crippen LogP contribution in [0.5, 0.6) is 0 Å². The molecule has 0 spiro atoms. The number of imidazole rings is 1. The van der Waals surface area contributed by atoms with Crippen LogP contribution in [-0.4, -0.2) is 20.5 Å². The maximum Gasteiger partial charge on any atom is 0.358 e. The van der Waals surface area contributed by atoms with Crippen LogP contribution in [0.2, 0.25) is 0 Å². The van der Waals surface area contributed by atoms with Crippen molar-refractivity contribution in [3.63, 3.8) is 0 Å². The molecule has 0 aliphatic rings. The maximum absolute atomic E-state index is 11.3. The van der Waals surface area contributed by atoms with Crippen molar-refractivity contribution < 1.29 is 9.90 Å². The minimum atomic E-state index is -1.13. The van der Waals surface area contributed by atoms with Gasteiger partial charge in [0.05, 0.1) is 5.69 Å². The van der Waals surface area contributed by atoms with E-state index in [0.717, 1.165) is 11.1 Å². The molecule has 3 aromatic rings. The molecule has 0 fully saturated rings. The smallest absolute Gasteiger partial charge is 0.358 e. The predicted octanol–water partition coefficient (Wildman–Crippen LogP) is 4.06. The molecule has 0 bridgehead atoms. The van der Waals surface area contributed by atoms with Crippen molar-refractivity contribution in [2.45, 2.75) is 13.8 Å². The minimum absolute atomic E-state index is 0.112. The monoisotopic (exact) mass is 294 g/mol. The molecule has 0 unspecified atom stereocenters. The number of azo groups is 1. The Kier molecular flexibility index (Phi) is 3.42. The molecular weight excluding hydrogens is 280 g/mol. The van der Waals surface area contributed by atoms with Gasteiger partial charge in [0.15, 0.2) is 11.5 Å². The van der Waals surface area contributed by atoms with E-state index < -0.39 is 5.97 Å². The number of carboxylic acid groups (broad SMARTS) is 1. The number of hydrogen-bond donors (Lipinski definition) is 1. The molecular formula is C16H14N4O2. The molecule has 0 radical (unpaired) electrons. The molecule has 1 aromatic carbocycles. The number of aromatic nitrogens is 2. The number of carboxylic acids is 1. The number of carbonyl (C=O) groups is 1. The minimum Gasteiger partial charge on any atom is -0.476 e. The average Bonchev–Trinajstić information content (AvgIpc) is 2.83. The second-order valence-corrected chi connectivity index (χ2v) is 5.06. The molecule has 6 heteroatoms. The second kappa shape index (κ2) is 5.40. The van der Waals surface area contributed by atoms with E-state index in [4.69, 9.17) is 0 Å². The molecule has 1 N–H and O–H groups in total. The fourth-order valence-corrected chi connectivity index (χ4v) is 2.34. The molecule has 0 amide bonds. The number of pyridine rings is 1. The van der Waals surface area contributed by atoms with E-state index in [0.29, 0.717) is 11.3 Å². The third-order valence-corrected chi connectivity index (χ3v) is 3.17. The first-order valence-electron chi connectivity index (χ1n) is 6.75. The van der Waals surface area contributed by atoms with Crippen molar-refractivity contribution in [2.75, 3.05) is 0 Å². The second-order valence-electron chi connectivity index (χ2n) is 5.06. The Morgan fingerprint density at radius 2 is 1.86 bits per heavy atom. The van der Waals surface area contributed by atoms with E-state index in [2.05, 4.69) is 15.2 Å². The van der Waals surface area contributed by atoms with E-state index in [1.54, 1.807) is 28.8 Å². The fourth-order valence-electron chi connectivity index (χ4n) is 2.34. The summed E-state index contributed by atoms with van der Waals surface area (Å²) >= 11 is 0. The number of aromatic carboxylic acids is 1. The largest absolute Gasteiger partial charge is 0.476 e. The molecule has 2 aromatic heterocycles. The van der Waals surface area contributed by atoms with Gasteiger partial charge in [0.2, 0.25) is 0 Å². The highest BCUT2D eigenvalue weighted by molar-refractivity contribution is 5.91. The standard InChI is InChI=1S/C16H14N4O2/c1-10-7-11(2)9-12(8-10)18-19-15-14(16(21)22)17-13-5-3-4-6-20(13)15/h3-9H,1-2H3,(H,21,22). The summed E-state index contributed by atoms with van der Waals surface area (Å²) in [6.07, 6.45) is 1.71. The van der Waals surface area contributed by atoms with Gasteiger partial charge in [0, 0.05) is 6.20 Å². The molecule has 0 saturated carbocycles. The molecule has 110 valence electrons. The number of rotatable bonds is 3. The number of fused-ring (bicyclic) bond motifs is 1. The van der Waals surface area contributed by atoms with E-state index in [9.17, 15) is 9.90 Å². The van der Waals surface area contributed by atoms with Crippen molar-refractivity contribution in [3.05, 3.63) is 59.4 Å². The van der Waals surface area contributed by atoms with Crippen LogP contribution in [-0.2, 0) is 0 Å². The van der Waals surface area contributed by atoms with Gasteiger partial charge in [-0.1, -0.05) is 12.1 Å². The highest BCUT2D eigenvalue weighted by Crippen LogP contribution is 2.25. The Labute approximate surface area is 126 Å². The Morgan fingerprint density at radius 1 is 1.14 bits per heavy atom. The van der Waals surface area contributed by atoms with Crippen LogP contribution in [0.25, 0.3) is 5.65 Å². The first-order chi connectivity index (χ1) is 10.5. The molecule has 0 aliphatic heterocycles. The van der Waals surface area contributed by atoms with Crippen molar-refractivity contribution >= 4 is 23.1 Å². The zero-order valence-electron chi connectivity index (χ0n) is 12.2. The van der Waals surface area contributed by atoms with E-state index in [1.807, 2.05) is 32.0 Å². The third-order valence-electron chi connectivity index (χ3n) is 3.17. The van der Waals surface area contributed by atoms with Crippen LogP contribution in [0.4, 0.5) is 11.5 Å². The molecule has 0 aliphatic carbocycles. The lowest BCUT2D eigenvalue weighted by Gasteiger charge is -1.99. The van der Waals surface area contributed by atoms with Crippen LogP contribution in [0, 0.1) is 13.8 Å². The van der Waals surface area contributed by atoms with E-state index >= 15 is 0 Å². The lowest BCUT2D eigenvalue weighted by Crippen LogP contribution is -1.96. The van der Waals surface area contributed by atoms with Gasteiger partial charge in [-0.25, -0.2) is 9.78 Å². The molecule has 0 atom stereocenters. The Hall–Kier alpha value is -3.02. The quantitative estimate of drug-likeness (QED) is 0.739. The Balaban J connectivity index is 2.11. The van der Waals surface area contributed by atoms with E-state index in [1.165, 1.54) is 0 Å². The predicted molar refractivity (Wildman–Crippen MR) is 82.2 cm³/mol. The summed E-state index contributed by atoms with van der Waals surface area (Å²) in [5.41, 5.74) is 3.24. The SMILES string of the molecule is Cc1cc(C)cc(N=Nc2c(C(=O)O)nc3ccccn23)c1. The van der Waals surface area contributed by atoms with Crippen LogP contribution < -0.4 is 0 Å². The van der Waals surface area contributed by atoms with Gasteiger partial charge in [-0.3, -0.25) is 4.40 Å². The molecule has 0 saturated heterocycles. The average molecular weight is 294 g/mol. The highest BCUT2D eigenvalue weighted by atomic mass is 16.4. The lowest BCUT2D eigenvalue weighted by molar-refractivity contribution is 0.0692. The van der Waals surface area contributed by atoms with Gasteiger partial charge in [-0.05, 0) is 49.2 Å². The van der Waals surface area contributed by atoms with Crippen LogP contribution in [0.1, 0.15) is 21.6 Å². The van der Waals surface area contributed by atoms with Gasteiger partial charge in [-0.15, -0.1) is 10.2 Å². The van der Waals surface area contributed by atoms with Gasteiger partial charge in [-0.2, -0.15) is 0 Å². The Morgan fingerprint density at radius 3 is 2.55 bits per heavy atom. The zero-order chi connectivity index (χ0) is 15.7. The first kappa shape index (κ1) is 13.9. The zero-order valence-corrected chi connectivity index (χ0v) is 12.2. The number of aryl methyl sites for hydroxylation is 2. The molecule has 3 rings (SSSR count). The van der Waals surface area contributed by atoms with Crippen molar-refractivity contribution in [1.29, 1.82) is 0 Å². The summed E-state index contributed by atoms with van der Waals surface area (Å²) < 4.78 is 1.61. The van der Waals surface area contributed by atoms with Gasteiger partial charge in [0.25, 0.3) is 0 Å². The van der Waals surface area contributed by atoms with Crippen LogP contribution in [0.15, 0.2) is 52.8 Å². The maximum atomic E-state index is 11.3. The summed E-state index contributed by atoms with van der Waals surface area (Å²) in [6.45, 7) is 3.95. The van der Waals surface area contributed by atoms with Gasteiger partial charge in [0.1, 0.15) is 5.65 Å². The molecule has 2 heterocycles. The Bertz CT molecular complexity index is 876. The highest BCUT2D eigenvalue weighted by Gasteiger charge is 2.17. The molecule has 22 heavy (non-hydrogen) atoms. The van der Waals surface area contributed by atoms with Crippen LogP contribution >= 0.6 is 0 Å². The summed E-state index contributed by atoms with van der Waals surface area (Å²) in [4.78, 5) is 15.4. The third kappa shape index (κ3) is 2.58. The van der Waals surface area contributed by atoms with Crippen molar-refractivity contribution in [3.8, 4) is 0 Å². The van der Waals surface area contributed by atoms with Gasteiger partial charge >= 0.3 is 5.97 Å². The number of benzene rings is 1. The van der Waals surface area contributed by atoms with Gasteiger partial charge < -0.3 is 5.11 Å². The van der Waals surface area contributed by atoms with Crippen molar-refractivity contribution in [1.82, 2.24) is 9.38 Å². The number of hydrogen-bond acceptors (Lipinski definition) is 4. The summed E-state index contributed by atoms with van der Waals surface area (Å²) in [5, 5.41) is 17.6. The topological polar surface area (TPSA) is 79.3 Å². The fraction of sp³-hybridized carbons (Fsp3) is 0.125. The lowest BCUT2D eigenvalue weighted by atomic mass is 10.1. The normalized spacial score (nSPS) is 11.4. The summed E-state index contributed by atoms with van der Waals surface area (Å²) in [6, 6.07) is 11.1. The first-order valence-corrected chi connectivity index (χ1v) is 6.75. The van der Waals surface area contributed by atoms with Crippen molar-refractivity contribution in [2.24, 2.45) is 10.2 Å². The molecule has 6 nitrogen and oxygen atoms in total.